The summed E-state index contributed by atoms with van der Waals surface area (Å²) in [7, 11) is 0. The number of aromatic nitrogens is 8. The molecule has 7 aromatic rings. The van der Waals surface area contributed by atoms with Crippen LogP contribution in [0.2, 0.25) is 0 Å². The molecule has 45 heavy (non-hydrogen) atoms. The Labute approximate surface area is 258 Å². The van der Waals surface area contributed by atoms with Crippen LogP contribution in [0.4, 0.5) is 0 Å². The van der Waals surface area contributed by atoms with Crippen molar-refractivity contribution >= 4 is 5.57 Å². The average Bonchev–Trinajstić information content (AvgIpc) is 3.81. The van der Waals surface area contributed by atoms with Crippen molar-refractivity contribution < 1.29 is 8.83 Å². The fraction of sp³-hybridized carbons (Fsp3) is 0.0286. The molecule has 10 nitrogen and oxygen atoms in total. The molecule has 0 fully saturated rings. The van der Waals surface area contributed by atoms with Crippen molar-refractivity contribution in [3.8, 4) is 68.9 Å². The molecule has 1 aromatic carbocycles. The Morgan fingerprint density at radius 1 is 0.556 bits per heavy atom. The monoisotopic (exact) mass is 588 g/mol. The van der Waals surface area contributed by atoms with E-state index in [0.717, 1.165) is 22.5 Å². The molecule has 6 heterocycles. The van der Waals surface area contributed by atoms with Crippen LogP contribution in [0, 0.1) is 0 Å². The van der Waals surface area contributed by atoms with Crippen LogP contribution >= 0.6 is 0 Å². The van der Waals surface area contributed by atoms with E-state index in [1.807, 2.05) is 104 Å². The molecule has 0 aliphatic carbocycles. The van der Waals surface area contributed by atoms with E-state index in [-0.39, 0.29) is 11.8 Å². The number of rotatable bonds is 8. The fourth-order valence-corrected chi connectivity index (χ4v) is 4.75. The highest BCUT2D eigenvalue weighted by atomic mass is 16.4. The summed E-state index contributed by atoms with van der Waals surface area (Å²) in [6.07, 6.45) is 7.20. The first-order valence-electron chi connectivity index (χ1n) is 14.1. The molecule has 7 rings (SSSR count). The van der Waals surface area contributed by atoms with Gasteiger partial charge in [0.2, 0.25) is 11.8 Å². The van der Waals surface area contributed by atoms with E-state index in [9.17, 15) is 0 Å². The predicted molar refractivity (Wildman–Crippen MR) is 170 cm³/mol. The molecule has 0 radical (unpaired) electrons. The summed E-state index contributed by atoms with van der Waals surface area (Å²) >= 11 is 0. The number of pyridine rings is 4. The minimum absolute atomic E-state index is 0.281. The van der Waals surface area contributed by atoms with Gasteiger partial charge in [-0.2, -0.15) is 0 Å². The van der Waals surface area contributed by atoms with E-state index in [1.54, 1.807) is 18.5 Å². The second-order valence-electron chi connectivity index (χ2n) is 9.82. The van der Waals surface area contributed by atoms with Gasteiger partial charge in [0.15, 0.2) is 0 Å². The van der Waals surface area contributed by atoms with Gasteiger partial charge in [-0.25, -0.2) is 9.97 Å². The molecule has 0 bridgehead atoms. The standard InChI is InChI=1S/C35H24N8O2/c1-3-22(4-2)23-19-24(32-40-42-34(44-32)30-15-9-13-28(38-30)26-11-5-7-17-36-26)21-25(20-23)33-41-43-35(45-33)31-16-10-14-29(39-31)27-12-6-8-18-37-27/h3-21H,1H2,2H3/b22-4+. The lowest BCUT2D eigenvalue weighted by atomic mass is 9.99. The zero-order chi connectivity index (χ0) is 30.6. The summed E-state index contributed by atoms with van der Waals surface area (Å²) in [5, 5.41) is 17.3. The lowest BCUT2D eigenvalue weighted by Gasteiger charge is -2.07. The van der Waals surface area contributed by atoms with Crippen molar-refractivity contribution in [2.45, 2.75) is 6.92 Å². The van der Waals surface area contributed by atoms with Gasteiger partial charge in [-0.3, -0.25) is 9.97 Å². The Bertz CT molecular complexity index is 2010. The van der Waals surface area contributed by atoms with Crippen LogP contribution in [-0.4, -0.2) is 40.3 Å². The van der Waals surface area contributed by atoms with Crippen molar-refractivity contribution in [3.63, 3.8) is 0 Å². The molecule has 0 atom stereocenters. The van der Waals surface area contributed by atoms with Crippen molar-refractivity contribution in [1.29, 1.82) is 0 Å². The van der Waals surface area contributed by atoms with E-state index in [4.69, 9.17) is 18.8 Å². The molecule has 0 aliphatic rings. The summed E-state index contributed by atoms with van der Waals surface area (Å²) in [6.45, 7) is 5.91. The van der Waals surface area contributed by atoms with Crippen molar-refractivity contribution in [1.82, 2.24) is 40.3 Å². The smallest absolute Gasteiger partial charge is 0.266 e. The number of hydrogen-bond acceptors (Lipinski definition) is 10. The first-order chi connectivity index (χ1) is 22.2. The lowest BCUT2D eigenvalue weighted by Crippen LogP contribution is -1.89. The van der Waals surface area contributed by atoms with Gasteiger partial charge in [0.1, 0.15) is 11.4 Å². The predicted octanol–water partition coefficient (Wildman–Crippen LogP) is 7.62. The Kier molecular flexibility index (Phi) is 7.35. The molecule has 0 N–H and O–H groups in total. The van der Waals surface area contributed by atoms with Crippen LogP contribution < -0.4 is 0 Å². The Morgan fingerprint density at radius 2 is 1.02 bits per heavy atom. The first-order valence-corrected chi connectivity index (χ1v) is 14.1. The number of allylic oxidation sites excluding steroid dienone is 3. The molecule has 216 valence electrons. The van der Waals surface area contributed by atoms with Gasteiger partial charge >= 0.3 is 0 Å². The van der Waals surface area contributed by atoms with Crippen molar-refractivity contribution in [2.24, 2.45) is 0 Å². The third-order valence-corrected chi connectivity index (χ3v) is 6.93. The quantitative estimate of drug-likeness (QED) is 0.163. The summed E-state index contributed by atoms with van der Waals surface area (Å²) in [4.78, 5) is 18.2. The number of benzene rings is 1. The highest BCUT2D eigenvalue weighted by molar-refractivity contribution is 5.80. The van der Waals surface area contributed by atoms with Gasteiger partial charge in [0.05, 0.1) is 22.8 Å². The number of nitrogens with zero attached hydrogens (tertiary/aromatic N) is 8. The maximum atomic E-state index is 6.14. The fourth-order valence-electron chi connectivity index (χ4n) is 4.75. The van der Waals surface area contributed by atoms with Crippen LogP contribution in [0.15, 0.2) is 131 Å². The van der Waals surface area contributed by atoms with Gasteiger partial charge in [-0.1, -0.05) is 43.0 Å². The summed E-state index contributed by atoms with van der Waals surface area (Å²) < 4.78 is 12.3. The zero-order valence-electron chi connectivity index (χ0n) is 24.1. The number of hydrogen-bond donors (Lipinski definition) is 0. The van der Waals surface area contributed by atoms with Crippen LogP contribution in [0.25, 0.3) is 74.4 Å². The van der Waals surface area contributed by atoms with Gasteiger partial charge in [-0.15, -0.1) is 20.4 Å². The van der Waals surface area contributed by atoms with Gasteiger partial charge < -0.3 is 8.83 Å². The average molecular weight is 589 g/mol. The maximum Gasteiger partial charge on any atom is 0.266 e. The molecule has 0 aliphatic heterocycles. The van der Waals surface area contributed by atoms with E-state index < -0.39 is 0 Å². The van der Waals surface area contributed by atoms with Crippen molar-refractivity contribution in [2.75, 3.05) is 0 Å². The first kappa shape index (κ1) is 27.4. The SMILES string of the molecule is C=C/C(=C\C)c1cc(-c2nnc(-c3cccc(-c4ccccn4)n3)o2)cc(-c2nnc(-c3cccc(-c4ccccn4)n3)o2)c1. The van der Waals surface area contributed by atoms with E-state index in [1.165, 1.54) is 0 Å². The van der Waals surface area contributed by atoms with Gasteiger partial charge in [0.25, 0.3) is 11.8 Å². The Balaban J connectivity index is 1.25. The minimum atomic E-state index is 0.281. The van der Waals surface area contributed by atoms with Crippen LogP contribution in [-0.2, 0) is 0 Å². The topological polar surface area (TPSA) is 129 Å². The van der Waals surface area contributed by atoms with Crippen LogP contribution in [0.5, 0.6) is 0 Å². The molecule has 0 saturated carbocycles. The highest BCUT2D eigenvalue weighted by Crippen LogP contribution is 2.33. The van der Waals surface area contributed by atoms with E-state index in [0.29, 0.717) is 45.7 Å². The molecule has 10 heteroatoms. The molecule has 0 unspecified atom stereocenters. The van der Waals surface area contributed by atoms with Gasteiger partial charge in [0, 0.05) is 23.5 Å². The third kappa shape index (κ3) is 5.67. The molecule has 0 amide bonds. The Hall–Kier alpha value is -6.42. The minimum Gasteiger partial charge on any atom is -0.415 e. The maximum absolute atomic E-state index is 6.14. The molecular weight excluding hydrogens is 564 g/mol. The second kappa shape index (κ2) is 12.1. The summed E-state index contributed by atoms with van der Waals surface area (Å²) in [6, 6.07) is 28.3. The molecule has 6 aromatic heterocycles. The molecule has 0 saturated heterocycles. The lowest BCUT2D eigenvalue weighted by molar-refractivity contribution is 0.580. The second-order valence-corrected chi connectivity index (χ2v) is 9.82. The Morgan fingerprint density at radius 3 is 1.47 bits per heavy atom. The third-order valence-electron chi connectivity index (χ3n) is 6.93. The molecular formula is C35H24N8O2. The van der Waals surface area contributed by atoms with Gasteiger partial charge in [-0.05, 0) is 84.8 Å². The van der Waals surface area contributed by atoms with E-state index >= 15 is 0 Å². The van der Waals surface area contributed by atoms with Crippen LogP contribution in [0.1, 0.15) is 12.5 Å². The molecule has 0 spiro atoms. The largest absolute Gasteiger partial charge is 0.415 e. The normalized spacial score (nSPS) is 11.4. The van der Waals surface area contributed by atoms with Crippen LogP contribution in [0.3, 0.4) is 0 Å². The van der Waals surface area contributed by atoms with Crippen molar-refractivity contribution in [3.05, 3.63) is 128 Å². The van der Waals surface area contributed by atoms with E-state index in [2.05, 4.69) is 36.9 Å². The summed E-state index contributed by atoms with van der Waals surface area (Å²) in [5.74, 6) is 1.18. The summed E-state index contributed by atoms with van der Waals surface area (Å²) in [5.41, 5.74) is 7.08. The highest BCUT2D eigenvalue weighted by Gasteiger charge is 2.18. The zero-order valence-corrected chi connectivity index (χ0v) is 24.1.